The van der Waals surface area contributed by atoms with E-state index in [1.807, 2.05) is 36.4 Å². The van der Waals surface area contributed by atoms with Crippen molar-refractivity contribution in [1.29, 1.82) is 0 Å². The Kier molecular flexibility index (Phi) is 5.42. The number of rotatable bonds is 6. The number of hydrogen-bond acceptors (Lipinski definition) is 6. The Balaban J connectivity index is 1.33. The van der Waals surface area contributed by atoms with Crippen LogP contribution in [0.1, 0.15) is 12.8 Å². The van der Waals surface area contributed by atoms with Gasteiger partial charge in [0.05, 0.1) is 11.9 Å². The summed E-state index contributed by atoms with van der Waals surface area (Å²) in [4.78, 5) is 18.2. The Labute approximate surface area is 163 Å². The lowest BCUT2D eigenvalue weighted by atomic mass is 10.1. The first-order chi connectivity index (χ1) is 13.8. The first-order valence-electron chi connectivity index (χ1n) is 9.30. The zero-order valence-electron chi connectivity index (χ0n) is 15.4. The second-order valence-corrected chi connectivity index (χ2v) is 6.57. The molecule has 1 N–H and O–H groups in total. The quantitative estimate of drug-likeness (QED) is 0.713. The van der Waals surface area contributed by atoms with Gasteiger partial charge in [-0.3, -0.25) is 9.78 Å². The second kappa shape index (κ2) is 8.47. The lowest BCUT2D eigenvalue weighted by molar-refractivity contribution is -0.118. The molecule has 1 aromatic carbocycles. The van der Waals surface area contributed by atoms with Crippen molar-refractivity contribution in [2.45, 2.75) is 12.8 Å². The van der Waals surface area contributed by atoms with Crippen LogP contribution in [0.15, 0.2) is 60.9 Å². The van der Waals surface area contributed by atoms with Crippen molar-refractivity contribution in [2.75, 3.05) is 29.9 Å². The van der Waals surface area contributed by atoms with E-state index in [1.54, 1.807) is 24.5 Å². The lowest BCUT2D eigenvalue weighted by Gasteiger charge is -2.15. The molecule has 4 rings (SSSR count). The molecule has 0 radical (unpaired) electrons. The molecule has 7 heteroatoms. The smallest absolute Gasteiger partial charge is 0.262 e. The first kappa shape index (κ1) is 17.9. The van der Waals surface area contributed by atoms with E-state index in [4.69, 9.17) is 4.74 Å². The number of amides is 1. The van der Waals surface area contributed by atoms with Crippen molar-refractivity contribution in [2.24, 2.45) is 0 Å². The molecule has 3 heterocycles. The van der Waals surface area contributed by atoms with Gasteiger partial charge in [0.1, 0.15) is 5.75 Å². The fourth-order valence-electron chi connectivity index (χ4n) is 3.10. The van der Waals surface area contributed by atoms with E-state index in [2.05, 4.69) is 25.4 Å². The molecule has 0 spiro atoms. The molecule has 3 aromatic rings. The number of benzene rings is 1. The molecule has 0 saturated carbocycles. The van der Waals surface area contributed by atoms with Gasteiger partial charge in [-0.1, -0.05) is 12.1 Å². The molecule has 2 aromatic heterocycles. The van der Waals surface area contributed by atoms with E-state index in [9.17, 15) is 4.79 Å². The van der Waals surface area contributed by atoms with Crippen LogP contribution in [0.2, 0.25) is 0 Å². The van der Waals surface area contributed by atoms with E-state index in [0.717, 1.165) is 30.2 Å². The molecule has 0 unspecified atom stereocenters. The number of carbonyl (C=O) groups excluding carboxylic acids is 1. The van der Waals surface area contributed by atoms with Crippen LogP contribution < -0.4 is 15.0 Å². The molecule has 28 heavy (non-hydrogen) atoms. The molecule has 1 aliphatic rings. The summed E-state index contributed by atoms with van der Waals surface area (Å²) in [5.41, 5.74) is 2.45. The van der Waals surface area contributed by atoms with Crippen LogP contribution in [0, 0.1) is 0 Å². The number of hydrogen-bond donors (Lipinski definition) is 1. The normalized spacial score (nSPS) is 13.4. The highest BCUT2D eigenvalue weighted by Crippen LogP contribution is 2.22. The number of nitrogens with one attached hydrogen (secondary N) is 1. The third-order valence-electron chi connectivity index (χ3n) is 4.55. The molecular formula is C21H21N5O2. The van der Waals surface area contributed by atoms with Crippen LogP contribution >= 0.6 is 0 Å². The van der Waals surface area contributed by atoms with E-state index >= 15 is 0 Å². The molecule has 142 valence electrons. The number of carbonyl (C=O) groups is 1. The minimum atomic E-state index is -0.230. The van der Waals surface area contributed by atoms with Crippen molar-refractivity contribution in [3.63, 3.8) is 0 Å². The van der Waals surface area contributed by atoms with Gasteiger partial charge < -0.3 is 15.0 Å². The minimum absolute atomic E-state index is 0.0725. The highest BCUT2D eigenvalue weighted by atomic mass is 16.5. The Bertz CT molecular complexity index is 908. The lowest BCUT2D eigenvalue weighted by Crippen LogP contribution is -2.20. The third kappa shape index (κ3) is 4.43. The van der Waals surface area contributed by atoms with E-state index < -0.39 is 0 Å². The summed E-state index contributed by atoms with van der Waals surface area (Å²) in [5, 5.41) is 11.5. The van der Waals surface area contributed by atoms with Crippen LogP contribution in [0.4, 0.5) is 11.5 Å². The monoisotopic (exact) mass is 375 g/mol. The average molecular weight is 375 g/mol. The molecule has 7 nitrogen and oxygen atoms in total. The summed E-state index contributed by atoms with van der Waals surface area (Å²) in [5.74, 6) is 1.26. The van der Waals surface area contributed by atoms with Crippen molar-refractivity contribution < 1.29 is 9.53 Å². The predicted octanol–water partition coefficient (Wildman–Crippen LogP) is 3.16. The van der Waals surface area contributed by atoms with Crippen molar-refractivity contribution in [3.05, 3.63) is 60.9 Å². The summed E-state index contributed by atoms with van der Waals surface area (Å²) >= 11 is 0. The molecule has 0 atom stereocenters. The SMILES string of the molecule is O=C(COc1cccnc1)Nc1ccc(-c2ccc(N3CCCC3)nn2)cc1. The average Bonchev–Trinajstić information content (AvgIpc) is 3.29. The maximum Gasteiger partial charge on any atom is 0.262 e. The number of aromatic nitrogens is 3. The Morgan fingerprint density at radius 3 is 2.54 bits per heavy atom. The van der Waals surface area contributed by atoms with Crippen LogP contribution in [0.3, 0.4) is 0 Å². The highest BCUT2D eigenvalue weighted by molar-refractivity contribution is 5.92. The van der Waals surface area contributed by atoms with Gasteiger partial charge in [-0.2, -0.15) is 0 Å². The first-order valence-corrected chi connectivity index (χ1v) is 9.30. The maximum atomic E-state index is 12.0. The third-order valence-corrected chi connectivity index (χ3v) is 4.55. The summed E-state index contributed by atoms with van der Waals surface area (Å²) in [6.45, 7) is 2.02. The Morgan fingerprint density at radius 1 is 1.04 bits per heavy atom. The Morgan fingerprint density at radius 2 is 1.86 bits per heavy atom. The fourth-order valence-corrected chi connectivity index (χ4v) is 3.10. The summed E-state index contributed by atoms with van der Waals surface area (Å²) < 4.78 is 5.39. The van der Waals surface area contributed by atoms with Crippen LogP contribution in [-0.2, 0) is 4.79 Å². The zero-order valence-corrected chi connectivity index (χ0v) is 15.4. The van der Waals surface area contributed by atoms with Crippen LogP contribution in [0.25, 0.3) is 11.3 Å². The van der Waals surface area contributed by atoms with Gasteiger partial charge in [-0.15, -0.1) is 10.2 Å². The van der Waals surface area contributed by atoms with Crippen LogP contribution in [-0.4, -0.2) is 40.8 Å². The topological polar surface area (TPSA) is 80.2 Å². The van der Waals surface area contributed by atoms with E-state index in [0.29, 0.717) is 11.4 Å². The molecular weight excluding hydrogens is 354 g/mol. The van der Waals surface area contributed by atoms with Gasteiger partial charge in [-0.25, -0.2) is 0 Å². The van der Waals surface area contributed by atoms with Gasteiger partial charge in [0, 0.05) is 30.5 Å². The van der Waals surface area contributed by atoms with Gasteiger partial charge >= 0.3 is 0 Å². The van der Waals surface area contributed by atoms with E-state index in [-0.39, 0.29) is 12.5 Å². The predicted molar refractivity (Wildman–Crippen MR) is 107 cm³/mol. The molecule has 1 amide bonds. The summed E-state index contributed by atoms with van der Waals surface area (Å²) in [6.07, 6.45) is 5.64. The number of ether oxygens (including phenoxy) is 1. The maximum absolute atomic E-state index is 12.0. The van der Waals surface area contributed by atoms with Gasteiger partial charge in [0.15, 0.2) is 12.4 Å². The molecule has 0 aliphatic carbocycles. The van der Waals surface area contributed by atoms with Crippen molar-refractivity contribution in [1.82, 2.24) is 15.2 Å². The van der Waals surface area contributed by atoms with Crippen molar-refractivity contribution >= 4 is 17.4 Å². The fraction of sp³-hybridized carbons (Fsp3) is 0.238. The van der Waals surface area contributed by atoms with Crippen LogP contribution in [0.5, 0.6) is 5.75 Å². The molecule has 1 saturated heterocycles. The number of pyridine rings is 1. The summed E-state index contributed by atoms with van der Waals surface area (Å²) in [6, 6.07) is 15.0. The zero-order chi connectivity index (χ0) is 19.2. The Hall–Kier alpha value is -3.48. The number of anilines is 2. The largest absolute Gasteiger partial charge is 0.482 e. The second-order valence-electron chi connectivity index (χ2n) is 6.57. The molecule has 0 bridgehead atoms. The summed E-state index contributed by atoms with van der Waals surface area (Å²) in [7, 11) is 0. The van der Waals surface area contributed by atoms with Gasteiger partial charge in [0.2, 0.25) is 0 Å². The highest BCUT2D eigenvalue weighted by Gasteiger charge is 2.14. The van der Waals surface area contributed by atoms with Gasteiger partial charge in [-0.05, 0) is 49.2 Å². The van der Waals surface area contributed by atoms with Crippen molar-refractivity contribution in [3.8, 4) is 17.0 Å². The van der Waals surface area contributed by atoms with Gasteiger partial charge in [0.25, 0.3) is 5.91 Å². The molecule has 1 fully saturated rings. The standard InChI is InChI=1S/C21H21N5O2/c27-21(15-28-18-4-3-11-22-14-18)23-17-7-5-16(6-8-17)19-9-10-20(25-24-19)26-12-1-2-13-26/h3-11,14H,1-2,12-13,15H2,(H,23,27). The van der Waals surface area contributed by atoms with E-state index in [1.165, 1.54) is 12.8 Å². The number of nitrogens with zero attached hydrogens (tertiary/aromatic N) is 4. The minimum Gasteiger partial charge on any atom is -0.482 e. The molecule has 1 aliphatic heterocycles.